The van der Waals surface area contributed by atoms with E-state index in [0.29, 0.717) is 17.2 Å². The third-order valence-electron chi connectivity index (χ3n) is 2.59. The number of ether oxygens (including phenoxy) is 1. The van der Waals surface area contributed by atoms with Crippen LogP contribution in [0.25, 0.3) is 11.5 Å². The van der Waals surface area contributed by atoms with E-state index in [1.807, 2.05) is 0 Å². The smallest absolute Gasteiger partial charge is 0.287 e. The molecule has 8 heteroatoms. The molecule has 1 aromatic carbocycles. The van der Waals surface area contributed by atoms with E-state index in [1.54, 1.807) is 24.3 Å². The van der Waals surface area contributed by atoms with Crippen molar-refractivity contribution in [3.8, 4) is 23.1 Å². The van der Waals surface area contributed by atoms with Gasteiger partial charge >= 0.3 is 0 Å². The number of pyridine rings is 1. The molecule has 2 heterocycles. The van der Waals surface area contributed by atoms with Crippen LogP contribution in [0.2, 0.25) is 0 Å². The van der Waals surface area contributed by atoms with Gasteiger partial charge in [-0.25, -0.2) is 4.98 Å². The van der Waals surface area contributed by atoms with Gasteiger partial charge in [-0.15, -0.1) is 10.2 Å². The topological polar surface area (TPSA) is 104 Å². The fourth-order valence-electron chi connectivity index (χ4n) is 1.65. The van der Waals surface area contributed by atoms with Crippen molar-refractivity contribution < 1.29 is 14.1 Å². The number of rotatable bonds is 4. The molecule has 21 heavy (non-hydrogen) atoms. The molecule has 0 N–H and O–H groups in total. The number of hydrogen-bond acceptors (Lipinski definition) is 7. The molecule has 0 saturated heterocycles. The molecular weight excluding hydrogens is 276 g/mol. The lowest BCUT2D eigenvalue weighted by atomic mass is 10.2. The monoisotopic (exact) mass is 284 g/mol. The quantitative estimate of drug-likeness (QED) is 0.535. The predicted molar refractivity (Wildman–Crippen MR) is 70.7 cm³/mol. The van der Waals surface area contributed by atoms with E-state index < -0.39 is 4.92 Å². The summed E-state index contributed by atoms with van der Waals surface area (Å²) in [5.41, 5.74) is 0.605. The van der Waals surface area contributed by atoms with Crippen LogP contribution in [0.4, 0.5) is 5.69 Å². The van der Waals surface area contributed by atoms with Crippen molar-refractivity contribution in [3.63, 3.8) is 0 Å². The zero-order chi connectivity index (χ0) is 14.7. The Kier molecular flexibility index (Phi) is 3.26. The second-order valence-electron chi connectivity index (χ2n) is 3.99. The van der Waals surface area contributed by atoms with Crippen molar-refractivity contribution in [2.45, 2.75) is 0 Å². The van der Waals surface area contributed by atoms with Crippen molar-refractivity contribution in [3.05, 3.63) is 59.1 Å². The summed E-state index contributed by atoms with van der Waals surface area (Å²) in [7, 11) is 0. The summed E-state index contributed by atoms with van der Waals surface area (Å²) < 4.78 is 10.6. The minimum atomic E-state index is -0.521. The Morgan fingerprint density at radius 1 is 1.24 bits per heavy atom. The van der Waals surface area contributed by atoms with Crippen LogP contribution in [0.1, 0.15) is 0 Å². The van der Waals surface area contributed by atoms with Crippen molar-refractivity contribution in [1.29, 1.82) is 0 Å². The third-order valence-corrected chi connectivity index (χ3v) is 2.59. The first-order valence-electron chi connectivity index (χ1n) is 5.87. The minimum absolute atomic E-state index is 0.0954. The summed E-state index contributed by atoms with van der Waals surface area (Å²) in [6, 6.07) is 9.74. The predicted octanol–water partition coefficient (Wildman–Crippen LogP) is 2.83. The summed E-state index contributed by atoms with van der Waals surface area (Å²) in [5.74, 6) is 1.13. The molecule has 104 valence electrons. The van der Waals surface area contributed by atoms with Crippen molar-refractivity contribution in [2.75, 3.05) is 0 Å². The first-order chi connectivity index (χ1) is 10.2. The van der Waals surface area contributed by atoms with Crippen LogP contribution in [0.3, 0.4) is 0 Å². The average Bonchev–Trinajstić information content (AvgIpc) is 3.02. The van der Waals surface area contributed by atoms with Gasteiger partial charge in [-0.1, -0.05) is 6.07 Å². The lowest BCUT2D eigenvalue weighted by Gasteiger charge is -2.05. The molecule has 0 spiro atoms. The first kappa shape index (κ1) is 12.7. The van der Waals surface area contributed by atoms with Crippen LogP contribution in [-0.4, -0.2) is 20.1 Å². The zero-order valence-electron chi connectivity index (χ0n) is 10.5. The molecule has 3 aromatic rings. The van der Waals surface area contributed by atoms with Gasteiger partial charge in [0, 0.05) is 17.7 Å². The van der Waals surface area contributed by atoms with Gasteiger partial charge in [-0.3, -0.25) is 10.1 Å². The van der Waals surface area contributed by atoms with Gasteiger partial charge < -0.3 is 9.15 Å². The normalized spacial score (nSPS) is 10.3. The minimum Gasteiger partial charge on any atom is -0.439 e. The molecule has 0 radical (unpaired) electrons. The lowest BCUT2D eigenvalue weighted by Crippen LogP contribution is -1.91. The van der Waals surface area contributed by atoms with Gasteiger partial charge in [-0.05, 0) is 18.2 Å². The molecule has 0 amide bonds. The maximum absolute atomic E-state index is 10.5. The molecule has 0 bridgehead atoms. The Morgan fingerprint density at radius 2 is 2.14 bits per heavy atom. The lowest BCUT2D eigenvalue weighted by molar-refractivity contribution is -0.385. The van der Waals surface area contributed by atoms with Crippen molar-refractivity contribution in [1.82, 2.24) is 15.2 Å². The van der Waals surface area contributed by atoms with Crippen LogP contribution in [-0.2, 0) is 0 Å². The summed E-state index contributed by atoms with van der Waals surface area (Å²) in [6.45, 7) is 0. The molecule has 0 aliphatic carbocycles. The highest BCUT2D eigenvalue weighted by Gasteiger charge is 2.08. The molecule has 0 fully saturated rings. The standard InChI is InChI=1S/C13H8N4O4/c18-17(19)10-4-5-12(14-7-10)21-11-3-1-2-9(6-11)13-16-15-8-20-13/h1-8H. The van der Waals surface area contributed by atoms with E-state index in [-0.39, 0.29) is 11.6 Å². The van der Waals surface area contributed by atoms with Gasteiger partial charge in [0.25, 0.3) is 5.69 Å². The van der Waals surface area contributed by atoms with Crippen LogP contribution < -0.4 is 4.74 Å². The third kappa shape index (κ3) is 2.84. The second-order valence-corrected chi connectivity index (χ2v) is 3.99. The SMILES string of the molecule is O=[N+]([O-])c1ccc(Oc2cccc(-c3nnco3)c2)nc1. The molecule has 2 aromatic heterocycles. The Labute approximate surface area is 118 Å². The summed E-state index contributed by atoms with van der Waals surface area (Å²) in [4.78, 5) is 13.9. The zero-order valence-corrected chi connectivity index (χ0v) is 10.5. The molecule has 0 aliphatic rings. The highest BCUT2D eigenvalue weighted by Crippen LogP contribution is 2.25. The summed E-state index contributed by atoms with van der Waals surface area (Å²) >= 11 is 0. The first-order valence-corrected chi connectivity index (χ1v) is 5.87. The van der Waals surface area contributed by atoms with Crippen molar-refractivity contribution in [2.24, 2.45) is 0 Å². The van der Waals surface area contributed by atoms with Crippen molar-refractivity contribution >= 4 is 5.69 Å². The maximum Gasteiger partial charge on any atom is 0.287 e. The molecule has 8 nitrogen and oxygen atoms in total. The van der Waals surface area contributed by atoms with E-state index in [0.717, 1.165) is 6.20 Å². The molecule has 0 unspecified atom stereocenters. The van der Waals surface area contributed by atoms with Gasteiger partial charge in [0.05, 0.1) is 4.92 Å². The Balaban J connectivity index is 1.81. The molecule has 3 rings (SSSR count). The van der Waals surface area contributed by atoms with E-state index >= 15 is 0 Å². The van der Waals surface area contributed by atoms with Gasteiger partial charge in [0.15, 0.2) is 0 Å². The molecule has 0 aliphatic heterocycles. The number of aromatic nitrogens is 3. The highest BCUT2D eigenvalue weighted by molar-refractivity contribution is 5.55. The molecule has 0 atom stereocenters. The van der Waals surface area contributed by atoms with E-state index in [4.69, 9.17) is 9.15 Å². The fourth-order valence-corrected chi connectivity index (χ4v) is 1.65. The summed E-state index contributed by atoms with van der Waals surface area (Å²) in [6.07, 6.45) is 2.37. The molecule has 0 saturated carbocycles. The number of hydrogen-bond donors (Lipinski definition) is 0. The van der Waals surface area contributed by atoms with Crippen LogP contribution in [0, 0.1) is 10.1 Å². The van der Waals surface area contributed by atoms with Crippen LogP contribution in [0.5, 0.6) is 11.6 Å². The van der Waals surface area contributed by atoms with Gasteiger partial charge in [0.1, 0.15) is 11.9 Å². The van der Waals surface area contributed by atoms with Gasteiger partial charge in [0.2, 0.25) is 18.2 Å². The van der Waals surface area contributed by atoms with Crippen LogP contribution >= 0.6 is 0 Å². The maximum atomic E-state index is 10.5. The average molecular weight is 284 g/mol. The molecular formula is C13H8N4O4. The van der Waals surface area contributed by atoms with E-state index in [1.165, 1.54) is 18.5 Å². The Morgan fingerprint density at radius 3 is 2.81 bits per heavy atom. The number of nitrogens with zero attached hydrogens (tertiary/aromatic N) is 4. The van der Waals surface area contributed by atoms with E-state index in [2.05, 4.69) is 15.2 Å². The Hall–Kier alpha value is -3.29. The fraction of sp³-hybridized carbons (Fsp3) is 0. The number of benzene rings is 1. The largest absolute Gasteiger partial charge is 0.439 e. The van der Waals surface area contributed by atoms with Crippen LogP contribution in [0.15, 0.2) is 53.4 Å². The highest BCUT2D eigenvalue weighted by atomic mass is 16.6. The Bertz CT molecular complexity index is 756. The van der Waals surface area contributed by atoms with E-state index in [9.17, 15) is 10.1 Å². The second kappa shape index (κ2) is 5.37. The van der Waals surface area contributed by atoms with Gasteiger partial charge in [-0.2, -0.15) is 0 Å². The number of nitro groups is 1. The summed E-state index contributed by atoms with van der Waals surface area (Å²) in [5, 5.41) is 18.0.